The molecule has 3 nitrogen and oxygen atoms in total. The Hall–Kier alpha value is -1.64. The van der Waals surface area contributed by atoms with Gasteiger partial charge in [-0.2, -0.15) is 5.10 Å². The van der Waals surface area contributed by atoms with Crippen molar-refractivity contribution in [2.24, 2.45) is 5.92 Å². The highest BCUT2D eigenvalue weighted by Gasteiger charge is 2.04. The Bertz CT molecular complexity index is 417. The monoisotopic (exact) mass is 201 g/mol. The van der Waals surface area contributed by atoms with E-state index < -0.39 is 0 Å². The molecular weight excluding hydrogens is 186 g/mol. The van der Waals surface area contributed by atoms with Gasteiger partial charge in [0.1, 0.15) is 0 Å². The Kier molecular flexibility index (Phi) is 2.81. The van der Waals surface area contributed by atoms with E-state index in [1.807, 2.05) is 12.1 Å². The van der Waals surface area contributed by atoms with E-state index in [1.165, 1.54) is 5.69 Å². The van der Waals surface area contributed by atoms with Crippen LogP contribution in [0.5, 0.6) is 0 Å². The van der Waals surface area contributed by atoms with Crippen LogP contribution in [0.3, 0.4) is 0 Å². The number of aromatic amines is 1. The van der Waals surface area contributed by atoms with Crippen LogP contribution < -0.4 is 0 Å². The second kappa shape index (κ2) is 4.26. The Balaban J connectivity index is 2.21. The summed E-state index contributed by atoms with van der Waals surface area (Å²) in [6.45, 7) is 4.40. The van der Waals surface area contributed by atoms with Crippen molar-refractivity contribution in [2.45, 2.75) is 20.3 Å². The number of nitrogens with one attached hydrogen (secondary N) is 1. The van der Waals surface area contributed by atoms with Crippen LogP contribution in [-0.4, -0.2) is 15.2 Å². The summed E-state index contributed by atoms with van der Waals surface area (Å²) in [5, 5.41) is 7.35. The number of hydrogen-bond acceptors (Lipinski definition) is 2. The summed E-state index contributed by atoms with van der Waals surface area (Å²) in [5.74, 6) is 0.649. The molecule has 0 fully saturated rings. The molecule has 0 saturated heterocycles. The van der Waals surface area contributed by atoms with Gasteiger partial charge < -0.3 is 0 Å². The normalized spacial score (nSPS) is 10.9. The van der Waals surface area contributed by atoms with Crippen LogP contribution in [0.15, 0.2) is 30.6 Å². The lowest BCUT2D eigenvalue weighted by atomic mass is 10.1. The first-order valence-corrected chi connectivity index (χ1v) is 5.20. The molecule has 1 N–H and O–H groups in total. The van der Waals surface area contributed by atoms with Crippen molar-refractivity contribution < 1.29 is 0 Å². The van der Waals surface area contributed by atoms with E-state index in [4.69, 9.17) is 0 Å². The highest BCUT2D eigenvalue weighted by Crippen LogP contribution is 2.17. The fraction of sp³-hybridized carbons (Fsp3) is 0.333. The van der Waals surface area contributed by atoms with Crippen LogP contribution in [-0.2, 0) is 6.42 Å². The molecule has 0 spiro atoms. The molecule has 0 aliphatic carbocycles. The molecular formula is C12H15N3. The van der Waals surface area contributed by atoms with Crippen LogP contribution in [0.25, 0.3) is 11.3 Å². The number of pyridine rings is 1. The molecule has 2 aromatic rings. The first kappa shape index (κ1) is 9.90. The SMILES string of the molecule is CC(C)Cc1cc(-c2ccncc2)n[nH]1. The molecule has 15 heavy (non-hydrogen) atoms. The molecule has 2 aromatic heterocycles. The summed E-state index contributed by atoms with van der Waals surface area (Å²) >= 11 is 0. The van der Waals surface area contributed by atoms with Crippen molar-refractivity contribution in [2.75, 3.05) is 0 Å². The zero-order valence-corrected chi connectivity index (χ0v) is 9.07. The fourth-order valence-electron chi connectivity index (χ4n) is 1.58. The maximum absolute atomic E-state index is 4.29. The van der Waals surface area contributed by atoms with Gasteiger partial charge in [-0.15, -0.1) is 0 Å². The molecule has 0 bridgehead atoms. The number of hydrogen-bond donors (Lipinski definition) is 1. The van der Waals surface area contributed by atoms with Crippen LogP contribution >= 0.6 is 0 Å². The average molecular weight is 201 g/mol. The maximum atomic E-state index is 4.29. The third kappa shape index (κ3) is 2.43. The highest BCUT2D eigenvalue weighted by molar-refractivity contribution is 5.58. The lowest BCUT2D eigenvalue weighted by Gasteiger charge is -1.99. The minimum atomic E-state index is 0.649. The van der Waals surface area contributed by atoms with Crippen molar-refractivity contribution in [1.29, 1.82) is 0 Å². The smallest absolute Gasteiger partial charge is 0.0924 e. The van der Waals surface area contributed by atoms with Gasteiger partial charge in [0.2, 0.25) is 0 Å². The average Bonchev–Trinajstić information content (AvgIpc) is 2.67. The van der Waals surface area contributed by atoms with Gasteiger partial charge in [0, 0.05) is 23.7 Å². The van der Waals surface area contributed by atoms with E-state index in [1.54, 1.807) is 12.4 Å². The lowest BCUT2D eigenvalue weighted by molar-refractivity contribution is 0.633. The van der Waals surface area contributed by atoms with Crippen molar-refractivity contribution in [3.05, 3.63) is 36.3 Å². The number of aromatic nitrogens is 3. The minimum Gasteiger partial charge on any atom is -0.282 e. The minimum absolute atomic E-state index is 0.649. The maximum Gasteiger partial charge on any atom is 0.0924 e. The summed E-state index contributed by atoms with van der Waals surface area (Å²) in [4.78, 5) is 3.99. The van der Waals surface area contributed by atoms with Crippen LogP contribution in [0.4, 0.5) is 0 Å². The third-order valence-corrected chi connectivity index (χ3v) is 2.24. The molecule has 0 aromatic carbocycles. The van der Waals surface area contributed by atoms with E-state index in [9.17, 15) is 0 Å². The quantitative estimate of drug-likeness (QED) is 0.829. The first-order chi connectivity index (χ1) is 7.25. The van der Waals surface area contributed by atoms with Crippen molar-refractivity contribution in [3.8, 4) is 11.3 Å². The van der Waals surface area contributed by atoms with Gasteiger partial charge in [-0.05, 0) is 30.5 Å². The van der Waals surface area contributed by atoms with Gasteiger partial charge in [0.15, 0.2) is 0 Å². The summed E-state index contributed by atoms with van der Waals surface area (Å²) < 4.78 is 0. The molecule has 0 aliphatic heterocycles. The van der Waals surface area contributed by atoms with Crippen molar-refractivity contribution in [3.63, 3.8) is 0 Å². The molecule has 2 rings (SSSR count). The zero-order chi connectivity index (χ0) is 10.7. The molecule has 78 valence electrons. The summed E-state index contributed by atoms with van der Waals surface area (Å²) in [6, 6.07) is 6.04. The highest BCUT2D eigenvalue weighted by atomic mass is 15.1. The second-order valence-electron chi connectivity index (χ2n) is 4.11. The number of H-pyrrole nitrogens is 1. The summed E-state index contributed by atoms with van der Waals surface area (Å²) in [5.41, 5.74) is 3.29. The predicted octanol–water partition coefficient (Wildman–Crippen LogP) is 2.67. The second-order valence-corrected chi connectivity index (χ2v) is 4.11. The molecule has 0 saturated carbocycles. The van der Waals surface area contributed by atoms with Gasteiger partial charge in [-0.25, -0.2) is 0 Å². The molecule has 3 heteroatoms. The summed E-state index contributed by atoms with van der Waals surface area (Å²) in [6.07, 6.45) is 4.61. The largest absolute Gasteiger partial charge is 0.282 e. The first-order valence-electron chi connectivity index (χ1n) is 5.20. The van der Waals surface area contributed by atoms with Crippen LogP contribution in [0.2, 0.25) is 0 Å². The van der Waals surface area contributed by atoms with Crippen molar-refractivity contribution in [1.82, 2.24) is 15.2 Å². The van der Waals surface area contributed by atoms with Gasteiger partial charge in [0.05, 0.1) is 5.69 Å². The molecule has 0 aliphatic rings. The van der Waals surface area contributed by atoms with E-state index in [2.05, 4.69) is 35.1 Å². The van der Waals surface area contributed by atoms with Crippen LogP contribution in [0, 0.1) is 5.92 Å². The molecule has 0 radical (unpaired) electrons. The Morgan fingerprint density at radius 1 is 1.27 bits per heavy atom. The van der Waals surface area contributed by atoms with Crippen molar-refractivity contribution >= 4 is 0 Å². The van der Waals surface area contributed by atoms with E-state index in [0.717, 1.165) is 17.7 Å². The zero-order valence-electron chi connectivity index (χ0n) is 9.07. The van der Waals surface area contributed by atoms with Gasteiger partial charge in [0.25, 0.3) is 0 Å². The van der Waals surface area contributed by atoms with Gasteiger partial charge in [-0.1, -0.05) is 13.8 Å². The Morgan fingerprint density at radius 2 is 2.00 bits per heavy atom. The number of rotatable bonds is 3. The molecule has 2 heterocycles. The third-order valence-electron chi connectivity index (χ3n) is 2.24. The molecule has 0 atom stereocenters. The van der Waals surface area contributed by atoms with Crippen LogP contribution in [0.1, 0.15) is 19.5 Å². The van der Waals surface area contributed by atoms with E-state index >= 15 is 0 Å². The standard InChI is InChI=1S/C12H15N3/c1-9(2)7-11-8-12(15-14-11)10-3-5-13-6-4-10/h3-6,8-9H,7H2,1-2H3,(H,14,15). The Morgan fingerprint density at radius 3 is 2.67 bits per heavy atom. The Labute approximate surface area is 89.6 Å². The lowest BCUT2D eigenvalue weighted by Crippen LogP contribution is -1.93. The van der Waals surface area contributed by atoms with Gasteiger partial charge >= 0.3 is 0 Å². The molecule has 0 unspecified atom stereocenters. The van der Waals surface area contributed by atoms with Gasteiger partial charge in [-0.3, -0.25) is 10.1 Å². The van der Waals surface area contributed by atoms with E-state index in [-0.39, 0.29) is 0 Å². The fourth-order valence-corrected chi connectivity index (χ4v) is 1.58. The number of nitrogens with zero attached hydrogens (tertiary/aromatic N) is 2. The predicted molar refractivity (Wildman–Crippen MR) is 60.4 cm³/mol. The molecule has 0 amide bonds. The van der Waals surface area contributed by atoms with E-state index in [0.29, 0.717) is 5.92 Å². The summed E-state index contributed by atoms with van der Waals surface area (Å²) in [7, 11) is 0. The topological polar surface area (TPSA) is 41.6 Å².